The molecule has 3 nitrogen and oxygen atoms in total. The third kappa shape index (κ3) is 22.7. The summed E-state index contributed by atoms with van der Waals surface area (Å²) in [6, 6.07) is 0. The Balaban J connectivity index is -0.000000579. The summed E-state index contributed by atoms with van der Waals surface area (Å²) in [5, 5.41) is 1.68. The second-order valence-electron chi connectivity index (χ2n) is 4.11. The summed E-state index contributed by atoms with van der Waals surface area (Å²) < 4.78 is 0. The highest BCUT2D eigenvalue weighted by Gasteiger charge is 1.95. The van der Waals surface area contributed by atoms with E-state index in [1.165, 1.54) is 32.1 Å². The van der Waals surface area contributed by atoms with Crippen molar-refractivity contribution < 1.29 is 0 Å². The molecule has 0 aromatic rings. The molecule has 0 atom stereocenters. The van der Waals surface area contributed by atoms with E-state index in [0.717, 1.165) is 25.1 Å². The SMILES string of the molecule is C=C.CC.CCCCCCC/C(N)=C/N(N)CCC. The molecular formula is C16H37N3. The number of rotatable bonds is 9. The third-order valence-electron chi connectivity index (χ3n) is 2.38. The zero-order chi connectivity index (χ0) is 15.5. The van der Waals surface area contributed by atoms with Crippen LogP contribution in [0.25, 0.3) is 0 Å². The lowest BCUT2D eigenvalue weighted by Gasteiger charge is -2.13. The van der Waals surface area contributed by atoms with Crippen molar-refractivity contribution in [1.29, 1.82) is 0 Å². The van der Waals surface area contributed by atoms with Gasteiger partial charge in [-0.15, -0.1) is 13.2 Å². The van der Waals surface area contributed by atoms with Gasteiger partial charge in [0.15, 0.2) is 0 Å². The lowest BCUT2D eigenvalue weighted by atomic mass is 10.1. The first kappa shape index (κ1) is 23.2. The quantitative estimate of drug-likeness (QED) is 0.280. The third-order valence-corrected chi connectivity index (χ3v) is 2.38. The standard InChI is InChI=1S/C12H27N3.C2H6.C2H4/c1-3-5-6-7-8-9-12(13)11-15(14)10-4-2;2*1-2/h11H,3-10,13-14H2,1-2H3;1-2H3;1-2H2/b12-11-;;. The second-order valence-corrected chi connectivity index (χ2v) is 4.11. The van der Waals surface area contributed by atoms with Crippen molar-refractivity contribution in [3.8, 4) is 0 Å². The highest BCUT2D eigenvalue weighted by atomic mass is 15.4. The Kier molecular flexibility index (Phi) is 27.1. The molecule has 0 spiro atoms. The van der Waals surface area contributed by atoms with Crippen molar-refractivity contribution in [3.05, 3.63) is 25.1 Å². The van der Waals surface area contributed by atoms with Crippen molar-refractivity contribution in [3.63, 3.8) is 0 Å². The number of nitrogens with zero attached hydrogens (tertiary/aromatic N) is 1. The summed E-state index contributed by atoms with van der Waals surface area (Å²) in [6.45, 7) is 15.2. The maximum absolute atomic E-state index is 5.86. The lowest BCUT2D eigenvalue weighted by Crippen LogP contribution is -2.27. The van der Waals surface area contributed by atoms with Crippen LogP contribution in [0.3, 0.4) is 0 Å². The Labute approximate surface area is 121 Å². The number of nitrogens with two attached hydrogens (primary N) is 2. The van der Waals surface area contributed by atoms with Crippen LogP contribution in [-0.4, -0.2) is 11.6 Å². The normalized spacial score (nSPS) is 9.84. The highest BCUT2D eigenvalue weighted by molar-refractivity contribution is 4.94. The molecule has 0 saturated carbocycles. The maximum atomic E-state index is 5.86. The first-order chi connectivity index (χ1) is 9.20. The molecular weight excluding hydrogens is 234 g/mol. The van der Waals surface area contributed by atoms with Gasteiger partial charge in [-0.05, 0) is 19.3 Å². The molecule has 4 N–H and O–H groups in total. The molecule has 0 heterocycles. The Morgan fingerprint density at radius 1 is 1.00 bits per heavy atom. The van der Waals surface area contributed by atoms with E-state index in [9.17, 15) is 0 Å². The second kappa shape index (κ2) is 22.2. The molecule has 0 rings (SSSR count). The van der Waals surface area contributed by atoms with Crippen molar-refractivity contribution in [2.45, 2.75) is 72.6 Å². The minimum Gasteiger partial charge on any atom is -0.401 e. The van der Waals surface area contributed by atoms with Crippen LogP contribution in [0.5, 0.6) is 0 Å². The van der Waals surface area contributed by atoms with Gasteiger partial charge in [0.05, 0.1) is 0 Å². The molecule has 116 valence electrons. The van der Waals surface area contributed by atoms with Crippen LogP contribution >= 0.6 is 0 Å². The molecule has 0 saturated heterocycles. The van der Waals surface area contributed by atoms with Crippen LogP contribution in [0.4, 0.5) is 0 Å². The summed E-state index contributed by atoms with van der Waals surface area (Å²) in [6.07, 6.45) is 10.3. The number of unbranched alkanes of at least 4 members (excludes halogenated alkanes) is 4. The molecule has 0 bridgehead atoms. The molecule has 19 heavy (non-hydrogen) atoms. The monoisotopic (exact) mass is 271 g/mol. The van der Waals surface area contributed by atoms with Gasteiger partial charge in [0.1, 0.15) is 0 Å². The highest BCUT2D eigenvalue weighted by Crippen LogP contribution is 2.07. The van der Waals surface area contributed by atoms with Crippen molar-refractivity contribution in [2.24, 2.45) is 11.6 Å². The minimum atomic E-state index is 0.872. The summed E-state index contributed by atoms with van der Waals surface area (Å²) >= 11 is 0. The molecule has 0 fully saturated rings. The molecule has 0 aliphatic carbocycles. The lowest BCUT2D eigenvalue weighted by molar-refractivity contribution is 0.388. The Morgan fingerprint density at radius 2 is 1.53 bits per heavy atom. The summed E-state index contributed by atoms with van der Waals surface area (Å²) in [7, 11) is 0. The van der Waals surface area contributed by atoms with Crippen molar-refractivity contribution in [2.75, 3.05) is 6.54 Å². The van der Waals surface area contributed by atoms with Crippen LogP contribution < -0.4 is 11.6 Å². The first-order valence-electron chi connectivity index (χ1n) is 7.68. The van der Waals surface area contributed by atoms with E-state index >= 15 is 0 Å². The predicted molar refractivity (Wildman–Crippen MR) is 89.4 cm³/mol. The fourth-order valence-electron chi connectivity index (χ4n) is 1.53. The van der Waals surface area contributed by atoms with Gasteiger partial charge in [-0.25, -0.2) is 5.84 Å². The van der Waals surface area contributed by atoms with Gasteiger partial charge < -0.3 is 10.7 Å². The molecule has 0 amide bonds. The van der Waals surface area contributed by atoms with Crippen LogP contribution in [0.15, 0.2) is 25.1 Å². The minimum absolute atomic E-state index is 0.872. The molecule has 0 unspecified atom stereocenters. The van der Waals surface area contributed by atoms with E-state index in [-0.39, 0.29) is 0 Å². The topological polar surface area (TPSA) is 55.3 Å². The molecule has 0 aromatic carbocycles. The van der Waals surface area contributed by atoms with Crippen LogP contribution in [-0.2, 0) is 0 Å². The van der Waals surface area contributed by atoms with Gasteiger partial charge in [-0.1, -0.05) is 53.4 Å². The van der Waals surface area contributed by atoms with Gasteiger partial charge >= 0.3 is 0 Å². The van der Waals surface area contributed by atoms with Crippen LogP contribution in [0.1, 0.15) is 72.6 Å². The van der Waals surface area contributed by atoms with Crippen molar-refractivity contribution in [1.82, 2.24) is 5.01 Å². The van der Waals surface area contributed by atoms with E-state index in [1.54, 1.807) is 5.01 Å². The van der Waals surface area contributed by atoms with Gasteiger partial charge in [0.25, 0.3) is 0 Å². The largest absolute Gasteiger partial charge is 0.401 e. The fraction of sp³-hybridized carbons (Fsp3) is 0.750. The zero-order valence-electron chi connectivity index (χ0n) is 13.8. The van der Waals surface area contributed by atoms with Crippen LogP contribution in [0.2, 0.25) is 0 Å². The average molecular weight is 271 g/mol. The van der Waals surface area contributed by atoms with Crippen LogP contribution in [0, 0.1) is 0 Å². The van der Waals surface area contributed by atoms with Gasteiger partial charge in [0, 0.05) is 18.4 Å². The summed E-state index contributed by atoms with van der Waals surface area (Å²) in [4.78, 5) is 0. The molecule has 3 heteroatoms. The van der Waals surface area contributed by atoms with E-state index in [2.05, 4.69) is 27.0 Å². The molecule has 0 aromatic heterocycles. The fourth-order valence-corrected chi connectivity index (χ4v) is 1.53. The Hall–Kier alpha value is -0.960. The van der Waals surface area contributed by atoms with E-state index in [0.29, 0.717) is 0 Å². The summed E-state index contributed by atoms with van der Waals surface area (Å²) in [5.74, 6) is 5.71. The maximum Gasteiger partial charge on any atom is 0.0342 e. The van der Waals surface area contributed by atoms with Crippen molar-refractivity contribution >= 4 is 0 Å². The Bertz CT molecular complexity index is 179. The number of hydrogen-bond acceptors (Lipinski definition) is 3. The van der Waals surface area contributed by atoms with Gasteiger partial charge in [-0.3, -0.25) is 0 Å². The number of hydrazine groups is 1. The molecule has 0 aliphatic heterocycles. The van der Waals surface area contributed by atoms with Gasteiger partial charge in [-0.2, -0.15) is 0 Å². The Morgan fingerprint density at radius 3 is 2.00 bits per heavy atom. The zero-order valence-corrected chi connectivity index (χ0v) is 13.8. The van der Waals surface area contributed by atoms with E-state index < -0.39 is 0 Å². The number of hydrogen-bond donors (Lipinski definition) is 2. The van der Waals surface area contributed by atoms with E-state index in [1.807, 2.05) is 20.0 Å². The van der Waals surface area contributed by atoms with Gasteiger partial charge in [0.2, 0.25) is 0 Å². The predicted octanol–water partition coefficient (Wildman–Crippen LogP) is 4.56. The smallest absolute Gasteiger partial charge is 0.0342 e. The molecule has 0 radical (unpaired) electrons. The summed E-state index contributed by atoms with van der Waals surface area (Å²) in [5.41, 5.74) is 6.76. The number of allylic oxidation sites excluding steroid dienone is 1. The average Bonchev–Trinajstić information content (AvgIpc) is 2.43. The van der Waals surface area contributed by atoms with E-state index in [4.69, 9.17) is 11.6 Å². The first-order valence-corrected chi connectivity index (χ1v) is 7.68. The molecule has 0 aliphatic rings.